The second kappa shape index (κ2) is 6.72. The molecule has 0 radical (unpaired) electrons. The van der Waals surface area contributed by atoms with E-state index in [1.165, 1.54) is 0 Å². The summed E-state index contributed by atoms with van der Waals surface area (Å²) < 4.78 is 5.66. The highest BCUT2D eigenvalue weighted by molar-refractivity contribution is 5.81. The van der Waals surface area contributed by atoms with E-state index in [-0.39, 0.29) is 5.91 Å². The molecule has 1 aromatic heterocycles. The molecule has 5 heteroatoms. The van der Waals surface area contributed by atoms with E-state index in [9.17, 15) is 4.79 Å². The average molecular weight is 289 g/mol. The third-order valence-electron chi connectivity index (χ3n) is 3.37. The van der Waals surface area contributed by atoms with Crippen LogP contribution in [-0.4, -0.2) is 23.5 Å². The Kier molecular flexibility index (Phi) is 4.96. The van der Waals surface area contributed by atoms with Crippen molar-refractivity contribution in [2.24, 2.45) is 11.7 Å². The zero-order valence-electron chi connectivity index (χ0n) is 12.8. The van der Waals surface area contributed by atoms with Crippen LogP contribution in [0.25, 0.3) is 11.1 Å². The molecule has 2 aromatic rings. The third-order valence-corrected chi connectivity index (χ3v) is 3.37. The fraction of sp³-hybridized carbons (Fsp3) is 0.500. The number of hydrogen-bond donors (Lipinski definition) is 2. The fourth-order valence-electron chi connectivity index (χ4n) is 2.28. The van der Waals surface area contributed by atoms with Gasteiger partial charge in [0.1, 0.15) is 5.52 Å². The molecule has 1 aromatic carbocycles. The average Bonchev–Trinajstić information content (AvgIpc) is 2.82. The van der Waals surface area contributed by atoms with Gasteiger partial charge in [0.2, 0.25) is 5.91 Å². The van der Waals surface area contributed by atoms with E-state index in [0.29, 0.717) is 31.2 Å². The molecule has 1 atom stereocenters. The number of amides is 1. The number of rotatable bonds is 6. The summed E-state index contributed by atoms with van der Waals surface area (Å²) in [6, 6.07) is 5.40. The van der Waals surface area contributed by atoms with Crippen molar-refractivity contribution in [3.63, 3.8) is 0 Å². The predicted molar refractivity (Wildman–Crippen MR) is 82.9 cm³/mol. The van der Waals surface area contributed by atoms with Crippen molar-refractivity contribution < 1.29 is 9.21 Å². The van der Waals surface area contributed by atoms with Crippen LogP contribution >= 0.6 is 0 Å². The van der Waals surface area contributed by atoms with Gasteiger partial charge in [-0.05, 0) is 30.9 Å². The van der Waals surface area contributed by atoms with Crippen LogP contribution in [-0.2, 0) is 11.2 Å². The molecule has 5 nitrogen and oxygen atoms in total. The van der Waals surface area contributed by atoms with Crippen LogP contribution in [0.3, 0.4) is 0 Å². The molecule has 0 saturated carbocycles. The number of benzene rings is 1. The van der Waals surface area contributed by atoms with Crippen LogP contribution in [0.4, 0.5) is 0 Å². The van der Waals surface area contributed by atoms with Crippen LogP contribution in [0.5, 0.6) is 0 Å². The zero-order chi connectivity index (χ0) is 15.4. The lowest BCUT2D eigenvalue weighted by Crippen LogP contribution is -2.42. The normalized spacial score (nSPS) is 12.8. The zero-order valence-corrected chi connectivity index (χ0v) is 12.8. The van der Waals surface area contributed by atoms with Crippen molar-refractivity contribution in [1.29, 1.82) is 0 Å². The Morgan fingerprint density at radius 3 is 2.86 bits per heavy atom. The Balaban J connectivity index is 1.87. The monoisotopic (exact) mass is 289 g/mol. The molecular weight excluding hydrogens is 266 g/mol. The molecule has 0 aliphatic rings. The van der Waals surface area contributed by atoms with Crippen molar-refractivity contribution in [2.75, 3.05) is 6.54 Å². The van der Waals surface area contributed by atoms with Gasteiger partial charge in [-0.25, -0.2) is 4.98 Å². The van der Waals surface area contributed by atoms with Gasteiger partial charge in [-0.1, -0.05) is 26.0 Å². The molecule has 0 unspecified atom stereocenters. The number of para-hydroxylation sites is 1. The standard InChI is InChI=1S/C16H23N3O2/c1-10(2)9-12(17)16(20)18-8-7-14-19-15-11(3)5-4-6-13(15)21-14/h4-6,10,12H,7-9,17H2,1-3H3,(H,18,20)/t12-/m0/s1. The maximum atomic E-state index is 11.8. The SMILES string of the molecule is Cc1cccc2oc(CCNC(=O)[C@@H](N)CC(C)C)nc12. The summed E-state index contributed by atoms with van der Waals surface area (Å²) in [7, 11) is 0. The minimum atomic E-state index is -0.448. The van der Waals surface area contributed by atoms with Crippen LogP contribution < -0.4 is 11.1 Å². The Morgan fingerprint density at radius 2 is 2.19 bits per heavy atom. The summed E-state index contributed by atoms with van der Waals surface area (Å²) in [6.07, 6.45) is 1.25. The van der Waals surface area contributed by atoms with Crippen LogP contribution in [0.15, 0.2) is 22.6 Å². The number of nitrogens with one attached hydrogen (secondary N) is 1. The quantitative estimate of drug-likeness (QED) is 0.854. The molecule has 3 N–H and O–H groups in total. The molecule has 0 aliphatic heterocycles. The number of aryl methyl sites for hydroxylation is 1. The first-order valence-electron chi connectivity index (χ1n) is 7.35. The minimum absolute atomic E-state index is 0.115. The second-order valence-corrected chi connectivity index (χ2v) is 5.81. The Hall–Kier alpha value is -1.88. The van der Waals surface area contributed by atoms with Gasteiger partial charge in [-0.2, -0.15) is 0 Å². The maximum Gasteiger partial charge on any atom is 0.236 e. The van der Waals surface area contributed by atoms with Gasteiger partial charge in [0.25, 0.3) is 0 Å². The molecule has 0 fully saturated rings. The summed E-state index contributed by atoms with van der Waals surface area (Å²) in [5, 5.41) is 2.83. The van der Waals surface area contributed by atoms with E-state index >= 15 is 0 Å². The molecule has 0 bridgehead atoms. The number of aromatic nitrogens is 1. The number of nitrogens with zero attached hydrogens (tertiary/aromatic N) is 1. The van der Waals surface area contributed by atoms with Gasteiger partial charge in [0.15, 0.2) is 11.5 Å². The van der Waals surface area contributed by atoms with Crippen LogP contribution in [0.2, 0.25) is 0 Å². The molecular formula is C16H23N3O2. The highest BCUT2D eigenvalue weighted by Crippen LogP contribution is 2.18. The second-order valence-electron chi connectivity index (χ2n) is 5.81. The van der Waals surface area contributed by atoms with Crippen LogP contribution in [0.1, 0.15) is 31.7 Å². The first-order chi connectivity index (χ1) is 9.97. The molecule has 21 heavy (non-hydrogen) atoms. The number of hydrogen-bond acceptors (Lipinski definition) is 4. The summed E-state index contributed by atoms with van der Waals surface area (Å²) in [5.74, 6) is 0.929. The maximum absolute atomic E-state index is 11.8. The van der Waals surface area contributed by atoms with Gasteiger partial charge >= 0.3 is 0 Å². The van der Waals surface area contributed by atoms with Crippen molar-refractivity contribution in [3.05, 3.63) is 29.7 Å². The number of oxazole rings is 1. The molecule has 2 rings (SSSR count). The topological polar surface area (TPSA) is 81.2 Å². The van der Waals surface area contributed by atoms with E-state index in [1.54, 1.807) is 0 Å². The molecule has 1 heterocycles. The van der Waals surface area contributed by atoms with E-state index in [0.717, 1.165) is 16.7 Å². The molecule has 1 amide bonds. The Bertz CT molecular complexity index is 619. The van der Waals surface area contributed by atoms with Crippen molar-refractivity contribution in [1.82, 2.24) is 10.3 Å². The lowest BCUT2D eigenvalue weighted by molar-refractivity contribution is -0.122. The van der Waals surface area contributed by atoms with Gasteiger partial charge in [-0.3, -0.25) is 4.79 Å². The smallest absolute Gasteiger partial charge is 0.236 e. The molecule has 0 aliphatic carbocycles. The Labute approximate surface area is 124 Å². The number of fused-ring (bicyclic) bond motifs is 1. The van der Waals surface area contributed by atoms with Crippen molar-refractivity contribution >= 4 is 17.0 Å². The van der Waals surface area contributed by atoms with Crippen molar-refractivity contribution in [3.8, 4) is 0 Å². The highest BCUT2D eigenvalue weighted by Gasteiger charge is 2.15. The summed E-state index contributed by atoms with van der Waals surface area (Å²) in [6.45, 7) is 6.58. The lowest BCUT2D eigenvalue weighted by atomic mass is 10.0. The molecule has 0 saturated heterocycles. The lowest BCUT2D eigenvalue weighted by Gasteiger charge is -2.13. The molecule has 114 valence electrons. The third kappa shape index (κ3) is 4.04. The van der Waals surface area contributed by atoms with Gasteiger partial charge in [-0.15, -0.1) is 0 Å². The van der Waals surface area contributed by atoms with Gasteiger partial charge in [0.05, 0.1) is 6.04 Å². The van der Waals surface area contributed by atoms with E-state index in [4.69, 9.17) is 10.2 Å². The van der Waals surface area contributed by atoms with E-state index in [2.05, 4.69) is 10.3 Å². The molecule has 0 spiro atoms. The highest BCUT2D eigenvalue weighted by atomic mass is 16.3. The fourth-order valence-corrected chi connectivity index (χ4v) is 2.28. The first-order valence-corrected chi connectivity index (χ1v) is 7.35. The first kappa shape index (κ1) is 15.5. The summed E-state index contributed by atoms with van der Waals surface area (Å²) in [4.78, 5) is 16.3. The summed E-state index contributed by atoms with van der Waals surface area (Å²) >= 11 is 0. The van der Waals surface area contributed by atoms with Crippen LogP contribution in [0, 0.1) is 12.8 Å². The number of carbonyl (C=O) groups excluding carboxylic acids is 1. The number of carbonyl (C=O) groups is 1. The van der Waals surface area contributed by atoms with E-state index < -0.39 is 6.04 Å². The summed E-state index contributed by atoms with van der Waals surface area (Å²) in [5.41, 5.74) is 8.59. The van der Waals surface area contributed by atoms with Gasteiger partial charge < -0.3 is 15.5 Å². The van der Waals surface area contributed by atoms with Crippen molar-refractivity contribution in [2.45, 2.75) is 39.7 Å². The number of nitrogens with two attached hydrogens (primary N) is 1. The predicted octanol–water partition coefficient (Wildman–Crippen LogP) is 2.17. The Morgan fingerprint density at radius 1 is 1.43 bits per heavy atom. The van der Waals surface area contributed by atoms with E-state index in [1.807, 2.05) is 39.0 Å². The van der Waals surface area contributed by atoms with Gasteiger partial charge in [0, 0.05) is 13.0 Å². The largest absolute Gasteiger partial charge is 0.441 e. The minimum Gasteiger partial charge on any atom is -0.441 e.